The third kappa shape index (κ3) is 3.62. The van der Waals surface area contributed by atoms with Crippen LogP contribution in [0.1, 0.15) is 12.0 Å². The van der Waals surface area contributed by atoms with Crippen molar-refractivity contribution in [1.82, 2.24) is 4.90 Å². The molecule has 2 aliphatic rings. The molecule has 1 aromatic rings. The molecule has 3 nitrogen and oxygen atoms in total. The van der Waals surface area contributed by atoms with E-state index < -0.39 is 6.36 Å². The SMILES string of the molecule is CN1C2C=C(Cc3cccc(OC(F)(F)F)c3)CC1COC2. The van der Waals surface area contributed by atoms with Crippen molar-refractivity contribution in [2.24, 2.45) is 0 Å². The first kappa shape index (κ1) is 15.4. The van der Waals surface area contributed by atoms with Crippen LogP contribution in [0.4, 0.5) is 13.2 Å². The predicted octanol–water partition coefficient (Wildman–Crippen LogP) is 3.16. The fourth-order valence-corrected chi connectivity index (χ4v) is 3.09. The summed E-state index contributed by atoms with van der Waals surface area (Å²) in [5, 5.41) is 0. The van der Waals surface area contributed by atoms with Crippen molar-refractivity contribution in [2.45, 2.75) is 31.3 Å². The van der Waals surface area contributed by atoms with E-state index in [0.717, 1.165) is 12.0 Å². The van der Waals surface area contributed by atoms with Crippen LogP contribution in [0.3, 0.4) is 0 Å². The van der Waals surface area contributed by atoms with E-state index in [1.165, 1.54) is 17.7 Å². The first-order valence-corrected chi connectivity index (χ1v) is 7.24. The van der Waals surface area contributed by atoms with E-state index in [4.69, 9.17) is 4.74 Å². The molecule has 0 aliphatic carbocycles. The van der Waals surface area contributed by atoms with Crippen LogP contribution in [-0.2, 0) is 11.2 Å². The standard InChI is InChI=1S/C16H18F3NO2/c1-20-13-6-12(7-14(20)10-21-9-13)5-11-3-2-4-15(8-11)22-16(17,18)19/h2-4,6,8,13-14H,5,7,9-10H2,1H3. The number of hydrogen-bond donors (Lipinski definition) is 0. The fraction of sp³-hybridized carbons (Fsp3) is 0.500. The molecule has 0 aromatic heterocycles. The van der Waals surface area contributed by atoms with Crippen molar-refractivity contribution in [3.8, 4) is 5.75 Å². The third-order valence-corrected chi connectivity index (χ3v) is 4.19. The number of nitrogens with zero attached hydrogens (tertiary/aromatic N) is 1. The molecule has 2 aliphatic heterocycles. The Labute approximate surface area is 127 Å². The average Bonchev–Trinajstić information content (AvgIpc) is 2.38. The van der Waals surface area contributed by atoms with Crippen LogP contribution in [0.2, 0.25) is 0 Å². The Kier molecular flexibility index (Phi) is 4.14. The van der Waals surface area contributed by atoms with E-state index in [1.807, 2.05) is 6.07 Å². The highest BCUT2D eigenvalue weighted by Crippen LogP contribution is 2.29. The second-order valence-electron chi connectivity index (χ2n) is 5.83. The highest BCUT2D eigenvalue weighted by atomic mass is 19.4. The first-order valence-electron chi connectivity index (χ1n) is 7.24. The van der Waals surface area contributed by atoms with Crippen LogP contribution < -0.4 is 4.74 Å². The number of benzene rings is 1. The molecule has 2 unspecified atom stereocenters. The van der Waals surface area contributed by atoms with Gasteiger partial charge in [0.05, 0.1) is 19.3 Å². The lowest BCUT2D eigenvalue weighted by molar-refractivity contribution is -0.274. The van der Waals surface area contributed by atoms with Gasteiger partial charge in [-0.1, -0.05) is 23.8 Å². The molecule has 120 valence electrons. The van der Waals surface area contributed by atoms with Crippen LogP contribution in [0.25, 0.3) is 0 Å². The summed E-state index contributed by atoms with van der Waals surface area (Å²) in [5.74, 6) is -0.165. The quantitative estimate of drug-likeness (QED) is 0.800. The van der Waals surface area contributed by atoms with E-state index in [2.05, 4.69) is 22.8 Å². The molecule has 3 rings (SSSR count). The molecule has 0 saturated carbocycles. The summed E-state index contributed by atoms with van der Waals surface area (Å²) in [6.07, 6.45) is -0.944. The summed E-state index contributed by atoms with van der Waals surface area (Å²) < 4.78 is 46.4. The molecule has 2 atom stereocenters. The fourth-order valence-electron chi connectivity index (χ4n) is 3.09. The predicted molar refractivity (Wildman–Crippen MR) is 75.7 cm³/mol. The van der Waals surface area contributed by atoms with Crippen molar-refractivity contribution in [1.29, 1.82) is 0 Å². The van der Waals surface area contributed by atoms with Crippen LogP contribution >= 0.6 is 0 Å². The van der Waals surface area contributed by atoms with Gasteiger partial charge in [0.15, 0.2) is 0 Å². The Balaban J connectivity index is 1.72. The number of morpholine rings is 1. The smallest absolute Gasteiger partial charge is 0.406 e. The molecular formula is C16H18F3NO2. The second-order valence-corrected chi connectivity index (χ2v) is 5.83. The largest absolute Gasteiger partial charge is 0.573 e. The van der Waals surface area contributed by atoms with E-state index in [1.54, 1.807) is 6.07 Å². The summed E-state index contributed by atoms with van der Waals surface area (Å²) in [7, 11) is 2.09. The number of fused-ring (bicyclic) bond motifs is 2. The maximum atomic E-state index is 12.3. The maximum Gasteiger partial charge on any atom is 0.573 e. The van der Waals surface area contributed by atoms with Gasteiger partial charge in [-0.3, -0.25) is 4.90 Å². The highest BCUT2D eigenvalue weighted by Gasteiger charge is 2.32. The van der Waals surface area contributed by atoms with Gasteiger partial charge in [0.1, 0.15) is 5.75 Å². The van der Waals surface area contributed by atoms with Crippen molar-refractivity contribution in [2.75, 3.05) is 20.3 Å². The van der Waals surface area contributed by atoms with Gasteiger partial charge >= 0.3 is 6.36 Å². The summed E-state index contributed by atoms with van der Waals surface area (Å²) in [5.41, 5.74) is 2.08. The van der Waals surface area contributed by atoms with Gasteiger partial charge in [-0.25, -0.2) is 0 Å². The molecule has 2 heterocycles. The summed E-state index contributed by atoms with van der Waals surface area (Å²) in [4.78, 5) is 2.30. The molecule has 1 fully saturated rings. The monoisotopic (exact) mass is 313 g/mol. The Hall–Kier alpha value is -1.53. The van der Waals surface area contributed by atoms with Gasteiger partial charge in [-0.15, -0.1) is 13.2 Å². The Bertz CT molecular complexity index is 571. The van der Waals surface area contributed by atoms with E-state index in [0.29, 0.717) is 25.7 Å². The van der Waals surface area contributed by atoms with Gasteiger partial charge in [-0.05, 0) is 37.6 Å². The molecule has 22 heavy (non-hydrogen) atoms. The normalized spacial score (nSPS) is 25.7. The van der Waals surface area contributed by atoms with E-state index in [-0.39, 0.29) is 11.8 Å². The topological polar surface area (TPSA) is 21.7 Å². The zero-order valence-electron chi connectivity index (χ0n) is 12.3. The second kappa shape index (κ2) is 5.93. The minimum absolute atomic E-state index is 0.165. The number of hydrogen-bond acceptors (Lipinski definition) is 3. The minimum atomic E-state index is -4.65. The van der Waals surface area contributed by atoms with Crippen LogP contribution in [-0.4, -0.2) is 43.6 Å². The Morgan fingerprint density at radius 3 is 2.86 bits per heavy atom. The Morgan fingerprint density at radius 1 is 1.32 bits per heavy atom. The van der Waals surface area contributed by atoms with E-state index >= 15 is 0 Å². The molecule has 0 amide bonds. The summed E-state index contributed by atoms with van der Waals surface area (Å²) in [6.45, 7) is 1.38. The molecule has 1 saturated heterocycles. The lowest BCUT2D eigenvalue weighted by atomic mass is 9.91. The maximum absolute atomic E-state index is 12.3. The molecule has 0 N–H and O–H groups in total. The van der Waals surface area contributed by atoms with Crippen molar-refractivity contribution >= 4 is 0 Å². The van der Waals surface area contributed by atoms with Crippen molar-refractivity contribution in [3.63, 3.8) is 0 Å². The third-order valence-electron chi connectivity index (χ3n) is 4.19. The molecule has 6 heteroatoms. The number of likely N-dealkylation sites (N-methyl/N-ethyl adjacent to an activating group) is 1. The van der Waals surface area contributed by atoms with Crippen molar-refractivity contribution < 1.29 is 22.6 Å². The summed E-state index contributed by atoms with van der Waals surface area (Å²) in [6, 6.07) is 6.82. The zero-order valence-corrected chi connectivity index (χ0v) is 12.3. The zero-order chi connectivity index (χ0) is 15.7. The summed E-state index contributed by atoms with van der Waals surface area (Å²) >= 11 is 0. The molecule has 2 bridgehead atoms. The first-order chi connectivity index (χ1) is 10.4. The van der Waals surface area contributed by atoms with Crippen molar-refractivity contribution in [3.05, 3.63) is 41.5 Å². The van der Waals surface area contributed by atoms with Gasteiger partial charge in [0.25, 0.3) is 0 Å². The van der Waals surface area contributed by atoms with Crippen LogP contribution in [0.5, 0.6) is 5.75 Å². The van der Waals surface area contributed by atoms with Gasteiger partial charge in [0.2, 0.25) is 0 Å². The number of alkyl halides is 3. The van der Waals surface area contributed by atoms with Gasteiger partial charge in [0, 0.05) is 6.04 Å². The van der Waals surface area contributed by atoms with Gasteiger partial charge < -0.3 is 9.47 Å². The molecule has 0 spiro atoms. The average molecular weight is 313 g/mol. The van der Waals surface area contributed by atoms with E-state index in [9.17, 15) is 13.2 Å². The van der Waals surface area contributed by atoms with Gasteiger partial charge in [-0.2, -0.15) is 0 Å². The van der Waals surface area contributed by atoms with Crippen LogP contribution in [0.15, 0.2) is 35.9 Å². The number of rotatable bonds is 3. The highest BCUT2D eigenvalue weighted by molar-refractivity contribution is 5.32. The number of ether oxygens (including phenoxy) is 2. The van der Waals surface area contributed by atoms with Crippen LogP contribution in [0, 0.1) is 0 Å². The Morgan fingerprint density at radius 2 is 2.14 bits per heavy atom. The lowest BCUT2D eigenvalue weighted by Crippen LogP contribution is -2.51. The molecular weight excluding hydrogens is 295 g/mol. The minimum Gasteiger partial charge on any atom is -0.406 e. The molecule has 0 radical (unpaired) electrons. The number of halogens is 3. The lowest BCUT2D eigenvalue weighted by Gasteiger charge is -2.42. The molecule has 1 aromatic carbocycles.